The van der Waals surface area contributed by atoms with E-state index in [0.717, 1.165) is 83.0 Å². The monoisotopic (exact) mass is 557 g/mol. The zero-order chi connectivity index (χ0) is 21.8. The first kappa shape index (κ1) is 25.2. The van der Waals surface area contributed by atoms with Crippen LogP contribution in [-0.4, -0.2) is 85.0 Å². The summed E-state index contributed by atoms with van der Waals surface area (Å²) in [5.74, 6) is 1.06. The number of hydrogen-bond donors (Lipinski definition) is 1. The van der Waals surface area contributed by atoms with E-state index in [9.17, 15) is 9.18 Å². The number of guanidine groups is 1. The Balaban J connectivity index is 0.00000289. The van der Waals surface area contributed by atoms with Crippen LogP contribution in [0.3, 0.4) is 0 Å². The second-order valence-corrected chi connectivity index (χ2v) is 9.16. The molecule has 2 heterocycles. The largest absolute Gasteiger partial charge is 0.357 e. The van der Waals surface area contributed by atoms with Crippen molar-refractivity contribution in [3.63, 3.8) is 0 Å². The van der Waals surface area contributed by atoms with Gasteiger partial charge in [0.2, 0.25) is 5.91 Å². The average molecular weight is 557 g/mol. The number of rotatable bonds is 6. The van der Waals surface area contributed by atoms with E-state index in [4.69, 9.17) is 4.99 Å². The SMILES string of the molecule is CCNC(=NCC1(c2ccccc2F)CC1)N1CCN(C(C)C(=O)N2CCCC2)CC1.I. The second-order valence-electron chi connectivity index (χ2n) is 9.16. The number of nitrogens with zero attached hydrogens (tertiary/aromatic N) is 4. The minimum atomic E-state index is -0.148. The maximum absolute atomic E-state index is 14.3. The highest BCUT2D eigenvalue weighted by molar-refractivity contribution is 14.0. The molecule has 1 aromatic rings. The predicted molar refractivity (Wildman–Crippen MR) is 137 cm³/mol. The molecule has 1 aliphatic carbocycles. The molecule has 32 heavy (non-hydrogen) atoms. The number of carbonyl (C=O) groups excluding carboxylic acids is 1. The Morgan fingerprint density at radius 1 is 1.09 bits per heavy atom. The molecular weight excluding hydrogens is 520 g/mol. The summed E-state index contributed by atoms with van der Waals surface area (Å²) in [6, 6.07) is 7.06. The van der Waals surface area contributed by atoms with E-state index in [-0.39, 0.29) is 47.2 Å². The Hall–Kier alpha value is -1.42. The van der Waals surface area contributed by atoms with Gasteiger partial charge in [-0.15, -0.1) is 24.0 Å². The highest BCUT2D eigenvalue weighted by Crippen LogP contribution is 2.49. The van der Waals surface area contributed by atoms with Gasteiger partial charge in [-0.3, -0.25) is 14.7 Å². The molecule has 4 rings (SSSR count). The molecule has 3 aliphatic rings. The van der Waals surface area contributed by atoms with E-state index >= 15 is 0 Å². The first-order valence-corrected chi connectivity index (χ1v) is 11.9. The van der Waals surface area contributed by atoms with Gasteiger partial charge in [-0.1, -0.05) is 18.2 Å². The van der Waals surface area contributed by atoms with Gasteiger partial charge >= 0.3 is 0 Å². The molecule has 2 aliphatic heterocycles. The zero-order valence-electron chi connectivity index (χ0n) is 19.4. The van der Waals surface area contributed by atoms with Gasteiger partial charge in [-0.2, -0.15) is 0 Å². The molecule has 1 N–H and O–H groups in total. The topological polar surface area (TPSA) is 51.2 Å². The van der Waals surface area contributed by atoms with Gasteiger partial charge in [-0.25, -0.2) is 4.39 Å². The average Bonchev–Trinajstić information content (AvgIpc) is 3.37. The van der Waals surface area contributed by atoms with Crippen LogP contribution < -0.4 is 5.32 Å². The third-order valence-corrected chi connectivity index (χ3v) is 7.10. The van der Waals surface area contributed by atoms with Gasteiger partial charge in [0.15, 0.2) is 5.96 Å². The number of hydrogen-bond acceptors (Lipinski definition) is 3. The van der Waals surface area contributed by atoms with E-state index in [0.29, 0.717) is 6.54 Å². The van der Waals surface area contributed by atoms with Crippen LogP contribution in [0.4, 0.5) is 4.39 Å². The molecule has 1 aromatic carbocycles. The standard InChI is InChI=1S/C24H36FN5O.HI/c1-3-26-23(27-18-24(10-11-24)20-8-4-5-9-21(20)25)30-16-14-28(15-17-30)19(2)22(31)29-12-6-7-13-29;/h4-5,8-9,19H,3,6-7,10-18H2,1-2H3,(H,26,27);1H. The molecule has 3 fully saturated rings. The Kier molecular flexibility index (Phi) is 8.77. The first-order chi connectivity index (χ1) is 15.0. The molecule has 6 nitrogen and oxygen atoms in total. The Morgan fingerprint density at radius 3 is 2.34 bits per heavy atom. The van der Waals surface area contributed by atoms with E-state index < -0.39 is 0 Å². The second kappa shape index (κ2) is 11.1. The number of benzene rings is 1. The molecule has 8 heteroatoms. The third kappa shape index (κ3) is 5.55. The van der Waals surface area contributed by atoms with Crippen molar-refractivity contribution < 1.29 is 9.18 Å². The molecule has 2 saturated heterocycles. The summed E-state index contributed by atoms with van der Waals surface area (Å²) in [7, 11) is 0. The lowest BCUT2D eigenvalue weighted by Crippen LogP contribution is -2.57. The summed E-state index contributed by atoms with van der Waals surface area (Å²) < 4.78 is 14.3. The zero-order valence-corrected chi connectivity index (χ0v) is 21.7. The van der Waals surface area contributed by atoms with Crippen LogP contribution in [0, 0.1) is 5.82 Å². The lowest BCUT2D eigenvalue weighted by molar-refractivity contribution is -0.135. The lowest BCUT2D eigenvalue weighted by Gasteiger charge is -2.39. The molecule has 178 valence electrons. The minimum Gasteiger partial charge on any atom is -0.357 e. The molecular formula is C24H37FIN5O. The van der Waals surface area contributed by atoms with Gasteiger partial charge < -0.3 is 15.1 Å². The summed E-state index contributed by atoms with van der Waals surface area (Å²) >= 11 is 0. The first-order valence-electron chi connectivity index (χ1n) is 11.9. The van der Waals surface area contributed by atoms with Crippen molar-refractivity contribution in [2.75, 3.05) is 52.4 Å². The third-order valence-electron chi connectivity index (χ3n) is 7.10. The summed E-state index contributed by atoms with van der Waals surface area (Å²) in [4.78, 5) is 24.3. The van der Waals surface area contributed by atoms with Crippen molar-refractivity contribution in [2.24, 2.45) is 4.99 Å². The number of piperazine rings is 1. The summed E-state index contributed by atoms with van der Waals surface area (Å²) in [6.07, 6.45) is 4.23. The van der Waals surface area contributed by atoms with Crippen LogP contribution in [0.1, 0.15) is 45.1 Å². The van der Waals surface area contributed by atoms with Gasteiger partial charge in [0.05, 0.1) is 12.6 Å². The molecule has 1 saturated carbocycles. The molecule has 0 bridgehead atoms. The van der Waals surface area contributed by atoms with E-state index in [1.54, 1.807) is 12.1 Å². The molecule has 0 spiro atoms. The van der Waals surface area contributed by atoms with Crippen molar-refractivity contribution in [3.05, 3.63) is 35.6 Å². The van der Waals surface area contributed by atoms with Crippen molar-refractivity contribution in [3.8, 4) is 0 Å². The number of amides is 1. The Bertz CT molecular complexity index is 801. The van der Waals surface area contributed by atoms with Crippen molar-refractivity contribution in [1.82, 2.24) is 20.0 Å². The number of carbonyl (C=O) groups is 1. The van der Waals surface area contributed by atoms with Crippen LogP contribution >= 0.6 is 24.0 Å². The van der Waals surface area contributed by atoms with Gasteiger partial charge in [-0.05, 0) is 51.2 Å². The summed E-state index contributed by atoms with van der Waals surface area (Å²) in [5, 5.41) is 3.42. The minimum absolute atomic E-state index is 0. The van der Waals surface area contributed by atoms with Crippen LogP contribution in [0.15, 0.2) is 29.3 Å². The van der Waals surface area contributed by atoms with Crippen LogP contribution in [0.5, 0.6) is 0 Å². The maximum Gasteiger partial charge on any atom is 0.239 e. The number of halogens is 2. The fourth-order valence-electron chi connectivity index (χ4n) is 4.89. The van der Waals surface area contributed by atoms with Crippen LogP contribution in [-0.2, 0) is 10.2 Å². The molecule has 1 unspecified atom stereocenters. The maximum atomic E-state index is 14.3. The number of nitrogens with one attached hydrogen (secondary N) is 1. The van der Waals surface area contributed by atoms with E-state index in [1.165, 1.54) is 0 Å². The summed E-state index contributed by atoms with van der Waals surface area (Å²) in [6.45, 7) is 10.7. The molecule has 0 aromatic heterocycles. The van der Waals surface area contributed by atoms with E-state index in [2.05, 4.69) is 22.0 Å². The lowest BCUT2D eigenvalue weighted by atomic mass is 9.95. The predicted octanol–water partition coefficient (Wildman–Crippen LogP) is 3.07. The van der Waals surface area contributed by atoms with Crippen molar-refractivity contribution >= 4 is 35.8 Å². The number of likely N-dealkylation sites (tertiary alicyclic amines) is 1. The molecule has 1 atom stereocenters. The quantitative estimate of drug-likeness (QED) is 0.332. The van der Waals surface area contributed by atoms with E-state index in [1.807, 2.05) is 24.0 Å². The van der Waals surface area contributed by atoms with Crippen molar-refractivity contribution in [2.45, 2.75) is 51.0 Å². The Morgan fingerprint density at radius 2 is 1.75 bits per heavy atom. The fourth-order valence-corrected chi connectivity index (χ4v) is 4.89. The number of aliphatic imine (C=N–C) groups is 1. The summed E-state index contributed by atoms with van der Waals surface area (Å²) in [5.41, 5.74) is 0.651. The highest BCUT2D eigenvalue weighted by Gasteiger charge is 2.46. The van der Waals surface area contributed by atoms with Crippen molar-refractivity contribution in [1.29, 1.82) is 0 Å². The molecule has 0 radical (unpaired) electrons. The smallest absolute Gasteiger partial charge is 0.239 e. The molecule has 1 amide bonds. The normalized spacial score (nSPS) is 21.8. The fraction of sp³-hybridized carbons (Fsp3) is 0.667. The van der Waals surface area contributed by atoms with Gasteiger partial charge in [0.1, 0.15) is 5.82 Å². The van der Waals surface area contributed by atoms with Crippen LogP contribution in [0.2, 0.25) is 0 Å². The van der Waals surface area contributed by atoms with Gasteiger partial charge in [0, 0.05) is 51.2 Å². The van der Waals surface area contributed by atoms with Crippen LogP contribution in [0.25, 0.3) is 0 Å². The highest BCUT2D eigenvalue weighted by atomic mass is 127. The Labute approximate surface area is 208 Å². The van der Waals surface area contributed by atoms with Gasteiger partial charge in [0.25, 0.3) is 0 Å².